The van der Waals surface area contributed by atoms with Crippen molar-refractivity contribution in [2.45, 2.75) is 19.8 Å². The molecule has 2 heteroatoms. The summed E-state index contributed by atoms with van der Waals surface area (Å²) in [6, 6.07) is 0. The third-order valence-corrected chi connectivity index (χ3v) is 1.04. The van der Waals surface area contributed by atoms with Gasteiger partial charge >= 0.3 is 0 Å². The van der Waals surface area contributed by atoms with E-state index in [1.165, 1.54) is 0 Å². The Bertz CT molecular complexity index is 59.5. The van der Waals surface area contributed by atoms with Crippen molar-refractivity contribution in [3.63, 3.8) is 0 Å². The summed E-state index contributed by atoms with van der Waals surface area (Å²) in [5.74, 6) is 0. The Balaban J connectivity index is 1.86. The average molecular weight is 115 g/mol. The SMILES string of the molecule is CCCO[C]1CCO1. The molecule has 1 aliphatic rings. The van der Waals surface area contributed by atoms with E-state index in [0.29, 0.717) is 0 Å². The molecule has 47 valence electrons. The van der Waals surface area contributed by atoms with E-state index in [9.17, 15) is 0 Å². The molecule has 0 aromatic rings. The molecule has 1 heterocycles. The van der Waals surface area contributed by atoms with Crippen LogP contribution in [0.2, 0.25) is 0 Å². The normalized spacial score (nSPS) is 20.6. The maximum atomic E-state index is 5.12. The van der Waals surface area contributed by atoms with Gasteiger partial charge in [-0.3, -0.25) is 0 Å². The molecule has 0 amide bonds. The molecule has 1 saturated heterocycles. The summed E-state index contributed by atoms with van der Waals surface area (Å²) in [6.45, 7) is 3.73. The zero-order valence-corrected chi connectivity index (χ0v) is 5.14. The van der Waals surface area contributed by atoms with Crippen LogP contribution in [0.5, 0.6) is 0 Å². The van der Waals surface area contributed by atoms with Crippen LogP contribution in [0.3, 0.4) is 0 Å². The van der Waals surface area contributed by atoms with Crippen LogP contribution >= 0.6 is 0 Å². The average Bonchev–Trinajstić information content (AvgIpc) is 1.63. The van der Waals surface area contributed by atoms with Gasteiger partial charge in [0.1, 0.15) is 0 Å². The zero-order valence-electron chi connectivity index (χ0n) is 5.14. The van der Waals surface area contributed by atoms with Crippen LogP contribution in [0.4, 0.5) is 0 Å². The summed E-state index contributed by atoms with van der Waals surface area (Å²) < 4.78 is 10.0. The summed E-state index contributed by atoms with van der Waals surface area (Å²) in [7, 11) is 0. The lowest BCUT2D eigenvalue weighted by Gasteiger charge is -2.23. The summed E-state index contributed by atoms with van der Waals surface area (Å²) in [5.41, 5.74) is 0. The minimum absolute atomic E-state index is 0.801. The predicted octanol–water partition coefficient (Wildman–Crippen LogP) is 1.32. The van der Waals surface area contributed by atoms with Gasteiger partial charge in [-0.15, -0.1) is 0 Å². The number of hydrogen-bond acceptors (Lipinski definition) is 2. The van der Waals surface area contributed by atoms with E-state index in [1.807, 2.05) is 0 Å². The molecule has 0 spiro atoms. The van der Waals surface area contributed by atoms with Crippen molar-refractivity contribution in [3.05, 3.63) is 6.29 Å². The van der Waals surface area contributed by atoms with Crippen LogP contribution in [0, 0.1) is 6.29 Å². The summed E-state index contributed by atoms with van der Waals surface area (Å²) in [4.78, 5) is 0. The van der Waals surface area contributed by atoms with E-state index in [1.54, 1.807) is 0 Å². The highest BCUT2D eigenvalue weighted by Crippen LogP contribution is 2.20. The second-order valence-corrected chi connectivity index (χ2v) is 1.82. The van der Waals surface area contributed by atoms with Gasteiger partial charge in [0.25, 0.3) is 0 Å². The van der Waals surface area contributed by atoms with Gasteiger partial charge in [-0.1, -0.05) is 6.92 Å². The first-order valence-electron chi connectivity index (χ1n) is 3.05. The van der Waals surface area contributed by atoms with Crippen LogP contribution in [0.15, 0.2) is 0 Å². The maximum Gasteiger partial charge on any atom is 0.226 e. The number of ether oxygens (including phenoxy) is 2. The van der Waals surface area contributed by atoms with E-state index >= 15 is 0 Å². The molecule has 0 aliphatic carbocycles. The smallest absolute Gasteiger partial charge is 0.226 e. The van der Waals surface area contributed by atoms with E-state index < -0.39 is 0 Å². The van der Waals surface area contributed by atoms with Crippen LogP contribution in [-0.2, 0) is 9.47 Å². The number of hydrogen-bond donors (Lipinski definition) is 0. The standard InChI is InChI=1S/C6H11O2/c1-2-4-7-6-3-5-8-6/h2-5H2,1H3. The van der Waals surface area contributed by atoms with Crippen molar-refractivity contribution in [1.82, 2.24) is 0 Å². The molecule has 0 N–H and O–H groups in total. The van der Waals surface area contributed by atoms with E-state index in [-0.39, 0.29) is 0 Å². The minimum atomic E-state index is 0.801. The lowest BCUT2D eigenvalue weighted by molar-refractivity contribution is -0.117. The van der Waals surface area contributed by atoms with Crippen molar-refractivity contribution < 1.29 is 9.47 Å². The fraction of sp³-hybridized carbons (Fsp3) is 0.833. The fourth-order valence-corrected chi connectivity index (χ4v) is 0.515. The largest absolute Gasteiger partial charge is 0.345 e. The van der Waals surface area contributed by atoms with E-state index in [2.05, 4.69) is 6.92 Å². The van der Waals surface area contributed by atoms with E-state index in [4.69, 9.17) is 9.47 Å². The fourth-order valence-electron chi connectivity index (χ4n) is 0.515. The van der Waals surface area contributed by atoms with Crippen LogP contribution in [-0.4, -0.2) is 13.2 Å². The lowest BCUT2D eigenvalue weighted by Crippen LogP contribution is -2.21. The highest BCUT2D eigenvalue weighted by molar-refractivity contribution is 4.73. The van der Waals surface area contributed by atoms with Gasteiger partial charge in [-0.05, 0) is 6.42 Å². The van der Waals surface area contributed by atoms with Crippen molar-refractivity contribution >= 4 is 0 Å². The van der Waals surface area contributed by atoms with Crippen LogP contribution in [0.1, 0.15) is 19.8 Å². The summed E-state index contributed by atoms with van der Waals surface area (Å²) >= 11 is 0. The first-order valence-corrected chi connectivity index (χ1v) is 3.05. The third-order valence-electron chi connectivity index (χ3n) is 1.04. The Morgan fingerprint density at radius 2 is 2.50 bits per heavy atom. The highest BCUT2D eigenvalue weighted by Gasteiger charge is 2.19. The Morgan fingerprint density at radius 1 is 1.75 bits per heavy atom. The van der Waals surface area contributed by atoms with Crippen molar-refractivity contribution in [1.29, 1.82) is 0 Å². The quantitative estimate of drug-likeness (QED) is 0.552. The van der Waals surface area contributed by atoms with Gasteiger partial charge in [-0.2, -0.15) is 0 Å². The van der Waals surface area contributed by atoms with Crippen LogP contribution < -0.4 is 0 Å². The predicted molar refractivity (Wildman–Crippen MR) is 30.1 cm³/mol. The van der Waals surface area contributed by atoms with Gasteiger partial charge in [0.15, 0.2) is 0 Å². The molecule has 1 rings (SSSR count). The molecule has 1 aliphatic heterocycles. The van der Waals surface area contributed by atoms with Crippen molar-refractivity contribution in [3.8, 4) is 0 Å². The number of rotatable bonds is 3. The molecule has 0 saturated carbocycles. The molecule has 0 atom stereocenters. The molecule has 0 bridgehead atoms. The molecular weight excluding hydrogens is 104 g/mol. The van der Waals surface area contributed by atoms with Gasteiger partial charge in [0, 0.05) is 13.0 Å². The zero-order chi connectivity index (χ0) is 5.82. The minimum Gasteiger partial charge on any atom is -0.345 e. The topological polar surface area (TPSA) is 18.5 Å². The Labute approximate surface area is 49.8 Å². The van der Waals surface area contributed by atoms with Crippen LogP contribution in [0.25, 0.3) is 0 Å². The molecule has 8 heavy (non-hydrogen) atoms. The van der Waals surface area contributed by atoms with Crippen molar-refractivity contribution in [2.24, 2.45) is 0 Å². The first kappa shape index (κ1) is 6.05. The maximum absolute atomic E-state index is 5.12. The lowest BCUT2D eigenvalue weighted by atomic mass is 10.3. The molecule has 0 unspecified atom stereocenters. The summed E-state index contributed by atoms with van der Waals surface area (Å²) in [6.07, 6.45) is 2.89. The molecule has 1 fully saturated rings. The molecular formula is C6H11O2. The van der Waals surface area contributed by atoms with Gasteiger partial charge < -0.3 is 9.47 Å². The first-order chi connectivity index (χ1) is 3.93. The van der Waals surface area contributed by atoms with Gasteiger partial charge in [-0.25, -0.2) is 0 Å². The Hall–Kier alpha value is -0.0800. The van der Waals surface area contributed by atoms with Crippen molar-refractivity contribution in [2.75, 3.05) is 13.2 Å². The second-order valence-electron chi connectivity index (χ2n) is 1.82. The highest BCUT2D eigenvalue weighted by atomic mass is 16.7. The Morgan fingerprint density at radius 3 is 2.88 bits per heavy atom. The van der Waals surface area contributed by atoms with Gasteiger partial charge in [0.2, 0.25) is 6.29 Å². The Kier molecular flexibility index (Phi) is 2.30. The molecule has 0 aromatic heterocycles. The van der Waals surface area contributed by atoms with E-state index in [0.717, 1.165) is 32.3 Å². The van der Waals surface area contributed by atoms with Gasteiger partial charge in [0.05, 0.1) is 6.61 Å². The molecule has 0 aromatic carbocycles. The summed E-state index contributed by atoms with van der Waals surface area (Å²) in [5, 5.41) is 0. The molecule has 2 nitrogen and oxygen atoms in total. The monoisotopic (exact) mass is 115 g/mol. The third kappa shape index (κ3) is 1.46. The second kappa shape index (κ2) is 3.05. The molecule has 1 radical (unpaired) electrons.